The third-order valence-corrected chi connectivity index (χ3v) is 4.63. The van der Waals surface area contributed by atoms with Crippen LogP contribution in [0.2, 0.25) is 0 Å². The summed E-state index contributed by atoms with van der Waals surface area (Å²) in [4.78, 5) is 0.557. The van der Waals surface area contributed by atoms with Crippen LogP contribution in [-0.4, -0.2) is 0 Å². The second-order valence-corrected chi connectivity index (χ2v) is 5.37. The third-order valence-electron chi connectivity index (χ3n) is 3.42. The average Bonchev–Trinajstić information content (AvgIpc) is 2.65. The van der Waals surface area contributed by atoms with E-state index in [-0.39, 0.29) is 0 Å². The Kier molecular flexibility index (Phi) is 3.27. The largest absolute Gasteiger partial charge is 0.0836 e. The number of hydrogen-bond donors (Lipinski definition) is 0. The molecule has 0 saturated heterocycles. The molecule has 1 aliphatic rings. The molecule has 1 aliphatic carbocycles. The quantitative estimate of drug-likeness (QED) is 0.678. The summed E-state index contributed by atoms with van der Waals surface area (Å²) < 4.78 is 0. The molecule has 1 fully saturated rings. The van der Waals surface area contributed by atoms with E-state index in [0.29, 0.717) is 4.83 Å². The molecule has 1 saturated carbocycles. The number of halogens is 1. The van der Waals surface area contributed by atoms with Crippen LogP contribution in [0.5, 0.6) is 0 Å². The van der Waals surface area contributed by atoms with Crippen LogP contribution in [0.1, 0.15) is 36.6 Å². The Hall–Kier alpha value is -0.300. The molecule has 3 atom stereocenters. The molecule has 1 aromatic rings. The van der Waals surface area contributed by atoms with Gasteiger partial charge in [0.1, 0.15) is 0 Å². The molecular weight excluding hydrogens is 236 g/mol. The monoisotopic (exact) mass is 252 g/mol. The molecule has 0 heterocycles. The predicted molar refractivity (Wildman–Crippen MR) is 64.6 cm³/mol. The van der Waals surface area contributed by atoms with Crippen LogP contribution in [-0.2, 0) is 0 Å². The lowest BCUT2D eigenvalue weighted by Crippen LogP contribution is -2.10. The van der Waals surface area contributed by atoms with Crippen LogP contribution in [0.15, 0.2) is 30.3 Å². The molecule has 2 rings (SSSR count). The van der Waals surface area contributed by atoms with Crippen molar-refractivity contribution in [2.45, 2.75) is 31.0 Å². The minimum atomic E-state index is 0.557. The highest BCUT2D eigenvalue weighted by molar-refractivity contribution is 9.09. The zero-order valence-corrected chi connectivity index (χ0v) is 10.2. The smallest absolute Gasteiger partial charge is 0.0426 e. The molecule has 0 aromatic heterocycles. The van der Waals surface area contributed by atoms with Gasteiger partial charge in [-0.3, -0.25) is 0 Å². The molecule has 0 N–H and O–H groups in total. The van der Waals surface area contributed by atoms with Crippen LogP contribution in [0.25, 0.3) is 0 Å². The highest BCUT2D eigenvalue weighted by atomic mass is 79.9. The fourth-order valence-corrected chi connectivity index (χ4v) is 3.58. The molecule has 0 nitrogen and oxygen atoms in total. The van der Waals surface area contributed by atoms with E-state index in [1.165, 1.54) is 24.8 Å². The maximum Gasteiger partial charge on any atom is 0.0426 e. The first-order valence-corrected chi connectivity index (χ1v) is 6.39. The summed E-state index contributed by atoms with van der Waals surface area (Å²) in [6.45, 7) is 2.38. The highest BCUT2D eigenvalue weighted by Gasteiger charge is 2.29. The van der Waals surface area contributed by atoms with Gasteiger partial charge in [-0.15, -0.1) is 0 Å². The van der Waals surface area contributed by atoms with Crippen molar-refractivity contribution >= 4 is 15.9 Å². The Bertz CT molecular complexity index is 281. The highest BCUT2D eigenvalue weighted by Crippen LogP contribution is 2.44. The van der Waals surface area contributed by atoms with Gasteiger partial charge >= 0.3 is 0 Å². The van der Waals surface area contributed by atoms with Gasteiger partial charge < -0.3 is 0 Å². The first-order valence-electron chi connectivity index (χ1n) is 5.48. The summed E-state index contributed by atoms with van der Waals surface area (Å²) in [5.74, 6) is 1.71. The molecule has 14 heavy (non-hydrogen) atoms. The zero-order chi connectivity index (χ0) is 9.97. The van der Waals surface area contributed by atoms with Crippen molar-refractivity contribution < 1.29 is 0 Å². The van der Waals surface area contributed by atoms with Crippen LogP contribution in [0.4, 0.5) is 0 Å². The lowest BCUT2D eigenvalue weighted by molar-refractivity contribution is 0.414. The Morgan fingerprint density at radius 3 is 2.50 bits per heavy atom. The molecule has 0 amide bonds. The molecule has 0 bridgehead atoms. The second-order valence-electron chi connectivity index (χ2n) is 4.38. The van der Waals surface area contributed by atoms with Gasteiger partial charge in [0.15, 0.2) is 0 Å². The van der Waals surface area contributed by atoms with Gasteiger partial charge in [0.25, 0.3) is 0 Å². The summed E-state index contributed by atoms with van der Waals surface area (Å²) in [7, 11) is 0. The fraction of sp³-hybridized carbons (Fsp3) is 0.538. The average molecular weight is 253 g/mol. The van der Waals surface area contributed by atoms with Crippen LogP contribution < -0.4 is 0 Å². The van der Waals surface area contributed by atoms with E-state index in [2.05, 4.69) is 53.2 Å². The van der Waals surface area contributed by atoms with E-state index in [1.54, 1.807) is 0 Å². The number of benzene rings is 1. The molecule has 76 valence electrons. The van der Waals surface area contributed by atoms with Crippen molar-refractivity contribution in [2.24, 2.45) is 11.8 Å². The van der Waals surface area contributed by atoms with Crippen LogP contribution in [0, 0.1) is 11.8 Å². The molecule has 0 radical (unpaired) electrons. The van der Waals surface area contributed by atoms with Crippen molar-refractivity contribution in [1.29, 1.82) is 0 Å². The minimum absolute atomic E-state index is 0.557. The number of hydrogen-bond acceptors (Lipinski definition) is 0. The molecule has 1 heteroatoms. The minimum Gasteiger partial charge on any atom is -0.0836 e. The van der Waals surface area contributed by atoms with Gasteiger partial charge in [-0.05, 0) is 23.8 Å². The Labute approximate surface area is 94.8 Å². The van der Waals surface area contributed by atoms with E-state index in [4.69, 9.17) is 0 Å². The first-order chi connectivity index (χ1) is 6.79. The molecule has 0 spiro atoms. The van der Waals surface area contributed by atoms with E-state index < -0.39 is 0 Å². The first kappa shape index (κ1) is 10.2. The molecule has 3 unspecified atom stereocenters. The fourth-order valence-electron chi connectivity index (χ4n) is 2.49. The maximum absolute atomic E-state index is 3.85. The summed E-state index contributed by atoms with van der Waals surface area (Å²) >= 11 is 3.85. The van der Waals surface area contributed by atoms with Gasteiger partial charge in [0, 0.05) is 4.83 Å². The normalized spacial score (nSPS) is 29.0. The number of rotatable bonds is 2. The Morgan fingerprint density at radius 1 is 1.21 bits per heavy atom. The van der Waals surface area contributed by atoms with Gasteiger partial charge in [-0.2, -0.15) is 0 Å². The van der Waals surface area contributed by atoms with E-state index in [9.17, 15) is 0 Å². The maximum atomic E-state index is 3.85. The van der Waals surface area contributed by atoms with E-state index in [1.807, 2.05) is 0 Å². The lowest BCUT2D eigenvalue weighted by Gasteiger charge is -2.22. The Balaban J connectivity index is 2.12. The summed E-state index contributed by atoms with van der Waals surface area (Å²) in [5.41, 5.74) is 1.44. The Morgan fingerprint density at radius 2 is 1.93 bits per heavy atom. The van der Waals surface area contributed by atoms with E-state index in [0.717, 1.165) is 11.8 Å². The van der Waals surface area contributed by atoms with Crippen molar-refractivity contribution in [3.05, 3.63) is 35.9 Å². The third kappa shape index (κ3) is 2.03. The van der Waals surface area contributed by atoms with Crippen molar-refractivity contribution in [1.82, 2.24) is 0 Å². The van der Waals surface area contributed by atoms with Gasteiger partial charge in [0.05, 0.1) is 0 Å². The standard InChI is InChI=1S/C13H17Br/c1-10-6-5-9-12(10)13(14)11-7-3-2-4-8-11/h2-4,7-8,10,12-13H,5-6,9H2,1H3. The van der Waals surface area contributed by atoms with Gasteiger partial charge in [-0.25, -0.2) is 0 Å². The van der Waals surface area contributed by atoms with E-state index >= 15 is 0 Å². The van der Waals surface area contributed by atoms with Crippen LogP contribution >= 0.6 is 15.9 Å². The second kappa shape index (κ2) is 4.48. The summed E-state index contributed by atoms with van der Waals surface area (Å²) in [6, 6.07) is 10.8. The van der Waals surface area contributed by atoms with Gasteiger partial charge in [-0.1, -0.05) is 66.0 Å². The zero-order valence-electron chi connectivity index (χ0n) is 8.62. The molecular formula is C13H17Br. The van der Waals surface area contributed by atoms with Gasteiger partial charge in [0.2, 0.25) is 0 Å². The van der Waals surface area contributed by atoms with Crippen molar-refractivity contribution in [2.75, 3.05) is 0 Å². The van der Waals surface area contributed by atoms with Crippen molar-refractivity contribution in [3.8, 4) is 0 Å². The predicted octanol–water partition coefficient (Wildman–Crippen LogP) is 4.56. The number of alkyl halides is 1. The summed E-state index contributed by atoms with van der Waals surface area (Å²) in [6.07, 6.45) is 4.19. The topological polar surface area (TPSA) is 0 Å². The molecule has 1 aromatic carbocycles. The molecule has 0 aliphatic heterocycles. The van der Waals surface area contributed by atoms with Crippen molar-refractivity contribution in [3.63, 3.8) is 0 Å². The van der Waals surface area contributed by atoms with Crippen LogP contribution in [0.3, 0.4) is 0 Å². The lowest BCUT2D eigenvalue weighted by atomic mass is 9.91. The SMILES string of the molecule is CC1CCCC1C(Br)c1ccccc1. The summed E-state index contributed by atoms with van der Waals surface area (Å²) in [5, 5.41) is 0.